The third-order valence-corrected chi connectivity index (χ3v) is 3.02. The van der Waals surface area contributed by atoms with Crippen molar-refractivity contribution in [3.63, 3.8) is 0 Å². The first-order valence-corrected chi connectivity index (χ1v) is 5.86. The van der Waals surface area contributed by atoms with Crippen LogP contribution in [0.1, 0.15) is 10.9 Å². The van der Waals surface area contributed by atoms with Crippen molar-refractivity contribution in [1.29, 1.82) is 0 Å². The van der Waals surface area contributed by atoms with Crippen LogP contribution in [0.25, 0.3) is 0 Å². The van der Waals surface area contributed by atoms with E-state index >= 15 is 0 Å². The van der Waals surface area contributed by atoms with Crippen LogP contribution >= 0.6 is 11.3 Å². The van der Waals surface area contributed by atoms with Crippen molar-refractivity contribution in [1.82, 2.24) is 10.2 Å². The van der Waals surface area contributed by atoms with Gasteiger partial charge in [-0.2, -0.15) is 0 Å². The highest BCUT2D eigenvalue weighted by atomic mass is 32.1. The molecule has 1 heterocycles. The van der Waals surface area contributed by atoms with E-state index in [1.54, 1.807) is 17.5 Å². The first-order chi connectivity index (χ1) is 8.41. The maximum atomic E-state index is 11.6. The van der Waals surface area contributed by atoms with Crippen LogP contribution in [0.4, 0.5) is 4.79 Å². The van der Waals surface area contributed by atoms with Crippen LogP contribution in [-0.4, -0.2) is 41.5 Å². The second kappa shape index (κ2) is 6.01. The zero-order valence-corrected chi connectivity index (χ0v) is 10.4. The summed E-state index contributed by atoms with van der Waals surface area (Å²) < 4.78 is 0. The Morgan fingerprint density at radius 3 is 2.67 bits per heavy atom. The van der Waals surface area contributed by atoms with Crippen molar-refractivity contribution in [3.8, 4) is 0 Å². The van der Waals surface area contributed by atoms with Gasteiger partial charge in [0.1, 0.15) is 6.54 Å². The predicted octanol–water partition coefficient (Wildman–Crippen LogP) is 0.000500. The number of urea groups is 1. The minimum absolute atomic E-state index is 0.275. The van der Waals surface area contributed by atoms with E-state index in [1.165, 1.54) is 18.4 Å². The van der Waals surface area contributed by atoms with Gasteiger partial charge in [0.05, 0.1) is 0 Å². The fourth-order valence-electron chi connectivity index (χ4n) is 1.25. The van der Waals surface area contributed by atoms with Gasteiger partial charge in [0.25, 0.3) is 0 Å². The van der Waals surface area contributed by atoms with Crippen molar-refractivity contribution in [2.45, 2.75) is 6.04 Å². The molecule has 0 saturated carbocycles. The van der Waals surface area contributed by atoms with E-state index in [1.807, 2.05) is 0 Å². The molecule has 0 bridgehead atoms. The molecule has 0 aromatic carbocycles. The highest BCUT2D eigenvalue weighted by Gasteiger charge is 2.24. The summed E-state index contributed by atoms with van der Waals surface area (Å²) in [4.78, 5) is 34.9. The van der Waals surface area contributed by atoms with Crippen LogP contribution in [0.15, 0.2) is 17.5 Å². The molecule has 0 radical (unpaired) electrons. The summed E-state index contributed by atoms with van der Waals surface area (Å²) in [5, 5.41) is 13.1. The average molecular weight is 271 g/mol. The number of amides is 3. The topological polar surface area (TPSA) is 113 Å². The molecule has 0 aliphatic rings. The van der Waals surface area contributed by atoms with Gasteiger partial charge in [-0.1, -0.05) is 6.07 Å². The van der Waals surface area contributed by atoms with E-state index in [2.05, 4.69) is 5.32 Å². The molecule has 0 aliphatic heterocycles. The normalized spacial score (nSPS) is 11.6. The van der Waals surface area contributed by atoms with Crippen LogP contribution in [-0.2, 0) is 9.59 Å². The lowest BCUT2D eigenvalue weighted by atomic mass is 10.2. The Hall–Kier alpha value is -2.09. The Labute approximate surface area is 107 Å². The number of nitrogens with one attached hydrogen (secondary N) is 1. The summed E-state index contributed by atoms with van der Waals surface area (Å²) in [6.07, 6.45) is 0. The summed E-state index contributed by atoms with van der Waals surface area (Å²) in [6.45, 7) is -0.275. The third-order valence-electron chi connectivity index (χ3n) is 2.08. The number of nitrogens with two attached hydrogens (primary N) is 1. The Bertz CT molecular complexity index is 446. The number of hydrogen-bond donors (Lipinski definition) is 3. The Morgan fingerprint density at radius 1 is 1.56 bits per heavy atom. The average Bonchev–Trinajstić information content (AvgIpc) is 2.77. The fourth-order valence-corrected chi connectivity index (χ4v) is 2.02. The first kappa shape index (κ1) is 14.0. The van der Waals surface area contributed by atoms with Gasteiger partial charge in [-0.3, -0.25) is 4.79 Å². The van der Waals surface area contributed by atoms with E-state index < -0.39 is 23.9 Å². The van der Waals surface area contributed by atoms with Gasteiger partial charge in [-0.05, 0) is 11.4 Å². The lowest BCUT2D eigenvalue weighted by Crippen LogP contribution is -2.44. The number of rotatable bonds is 5. The largest absolute Gasteiger partial charge is 0.479 e. The van der Waals surface area contributed by atoms with Crippen LogP contribution in [0.5, 0.6) is 0 Å². The van der Waals surface area contributed by atoms with Crippen molar-refractivity contribution < 1.29 is 19.5 Å². The zero-order valence-electron chi connectivity index (χ0n) is 9.62. The number of aliphatic carboxylic acids is 1. The van der Waals surface area contributed by atoms with Crippen molar-refractivity contribution in [2.75, 3.05) is 13.6 Å². The number of carbonyl (C=O) groups is 3. The van der Waals surface area contributed by atoms with Crippen LogP contribution < -0.4 is 11.1 Å². The van der Waals surface area contributed by atoms with Gasteiger partial charge in [-0.15, -0.1) is 11.3 Å². The van der Waals surface area contributed by atoms with Crippen LogP contribution in [0.3, 0.4) is 0 Å². The molecule has 0 aliphatic carbocycles. The molecule has 1 aromatic rings. The molecule has 1 aromatic heterocycles. The molecular weight excluding hydrogens is 258 g/mol. The maximum absolute atomic E-state index is 11.6. The summed E-state index contributed by atoms with van der Waals surface area (Å²) in [6, 6.07) is 1.50. The predicted molar refractivity (Wildman–Crippen MR) is 65.1 cm³/mol. The summed E-state index contributed by atoms with van der Waals surface area (Å²) >= 11 is 1.22. The number of hydrogen-bond acceptors (Lipinski definition) is 4. The quantitative estimate of drug-likeness (QED) is 0.699. The fraction of sp³-hybridized carbons (Fsp3) is 0.300. The standard InChI is InChI=1S/C10H13N3O4S/c1-13(5-7(11)14)10(17)12-8(9(15)16)6-3-2-4-18-6/h2-4,8H,5H2,1H3,(H2,11,14)(H,12,17)(H,15,16). The Morgan fingerprint density at radius 2 is 2.22 bits per heavy atom. The number of thiophene rings is 1. The number of carboxylic acid groups (broad SMARTS) is 1. The molecule has 7 nitrogen and oxygen atoms in total. The molecule has 0 fully saturated rings. The van der Waals surface area contributed by atoms with E-state index in [0.29, 0.717) is 4.88 Å². The first-order valence-electron chi connectivity index (χ1n) is 4.98. The highest BCUT2D eigenvalue weighted by molar-refractivity contribution is 7.10. The summed E-state index contributed by atoms with van der Waals surface area (Å²) in [5.41, 5.74) is 4.94. The molecule has 98 valence electrons. The highest BCUT2D eigenvalue weighted by Crippen LogP contribution is 2.19. The molecule has 4 N–H and O–H groups in total. The second-order valence-electron chi connectivity index (χ2n) is 3.56. The van der Waals surface area contributed by atoms with Gasteiger partial charge >= 0.3 is 12.0 Å². The zero-order chi connectivity index (χ0) is 13.7. The van der Waals surface area contributed by atoms with E-state index in [-0.39, 0.29) is 6.54 Å². The lowest BCUT2D eigenvalue weighted by Gasteiger charge is -2.19. The van der Waals surface area contributed by atoms with Gasteiger partial charge in [0, 0.05) is 11.9 Å². The Balaban J connectivity index is 2.71. The number of carboxylic acids is 1. The molecular formula is C10H13N3O4S. The van der Waals surface area contributed by atoms with Crippen molar-refractivity contribution in [3.05, 3.63) is 22.4 Å². The summed E-state index contributed by atoms with van der Waals surface area (Å²) in [7, 11) is 1.35. The maximum Gasteiger partial charge on any atom is 0.331 e. The molecule has 0 spiro atoms. The smallest absolute Gasteiger partial charge is 0.331 e. The van der Waals surface area contributed by atoms with Gasteiger partial charge in [0.2, 0.25) is 5.91 Å². The van der Waals surface area contributed by atoms with E-state index in [4.69, 9.17) is 10.8 Å². The van der Waals surface area contributed by atoms with Crippen LogP contribution in [0, 0.1) is 0 Å². The molecule has 0 saturated heterocycles. The third kappa shape index (κ3) is 3.74. The van der Waals surface area contributed by atoms with Gasteiger partial charge in [-0.25, -0.2) is 9.59 Å². The van der Waals surface area contributed by atoms with Crippen LogP contribution in [0.2, 0.25) is 0 Å². The molecule has 8 heteroatoms. The van der Waals surface area contributed by atoms with E-state index in [9.17, 15) is 14.4 Å². The van der Waals surface area contributed by atoms with E-state index in [0.717, 1.165) is 4.90 Å². The second-order valence-corrected chi connectivity index (χ2v) is 4.54. The molecule has 3 amide bonds. The minimum Gasteiger partial charge on any atom is -0.479 e. The molecule has 1 atom stereocenters. The Kier molecular flexibility index (Phi) is 4.67. The molecule has 1 rings (SSSR count). The minimum atomic E-state index is -1.17. The number of carbonyl (C=O) groups excluding carboxylic acids is 2. The monoisotopic (exact) mass is 271 g/mol. The van der Waals surface area contributed by atoms with Gasteiger partial charge in [0.15, 0.2) is 6.04 Å². The van der Waals surface area contributed by atoms with Crippen molar-refractivity contribution >= 4 is 29.2 Å². The summed E-state index contributed by atoms with van der Waals surface area (Å²) in [5.74, 6) is -1.84. The lowest BCUT2D eigenvalue weighted by molar-refractivity contribution is -0.139. The molecule has 1 unspecified atom stereocenters. The molecule has 18 heavy (non-hydrogen) atoms. The van der Waals surface area contributed by atoms with Gasteiger partial charge < -0.3 is 21.1 Å². The SMILES string of the molecule is CN(CC(N)=O)C(=O)NC(C(=O)O)c1cccs1. The van der Waals surface area contributed by atoms with Crippen molar-refractivity contribution in [2.24, 2.45) is 5.73 Å². The number of likely N-dealkylation sites (N-methyl/N-ethyl adjacent to an activating group) is 1. The number of primary amides is 1. The number of nitrogens with zero attached hydrogens (tertiary/aromatic N) is 1.